The molecule has 0 fully saturated rings. The molecule has 0 radical (unpaired) electrons. The quantitative estimate of drug-likeness (QED) is 0.928. The first-order valence-corrected chi connectivity index (χ1v) is 7.12. The fraction of sp³-hybridized carbons (Fsp3) is 0.353. The number of hydrogen-bond donors (Lipinski definition) is 1. The van der Waals surface area contributed by atoms with Gasteiger partial charge in [0.15, 0.2) is 0 Å². The van der Waals surface area contributed by atoms with E-state index in [1.54, 1.807) is 0 Å². The summed E-state index contributed by atoms with van der Waals surface area (Å²) in [4.78, 5) is 4.26. The molecule has 0 spiro atoms. The topological polar surface area (TPSA) is 34.1 Å². The number of fused-ring (bicyclic) bond motifs is 1. The van der Waals surface area contributed by atoms with Crippen LogP contribution in [0.4, 0.5) is 0 Å². The molecule has 1 aromatic carbocycles. The summed E-state index contributed by atoms with van der Waals surface area (Å²) >= 11 is 0. The van der Waals surface area contributed by atoms with Gasteiger partial charge < -0.3 is 10.1 Å². The number of pyridine rings is 1. The van der Waals surface area contributed by atoms with Gasteiger partial charge in [-0.3, -0.25) is 4.98 Å². The van der Waals surface area contributed by atoms with Crippen LogP contribution in [0.25, 0.3) is 11.1 Å². The van der Waals surface area contributed by atoms with Crippen molar-refractivity contribution in [3.63, 3.8) is 0 Å². The molecule has 20 heavy (non-hydrogen) atoms. The van der Waals surface area contributed by atoms with Gasteiger partial charge >= 0.3 is 0 Å². The van der Waals surface area contributed by atoms with Crippen molar-refractivity contribution in [2.45, 2.75) is 19.3 Å². The van der Waals surface area contributed by atoms with Gasteiger partial charge in [-0.1, -0.05) is 18.2 Å². The second-order valence-electron chi connectivity index (χ2n) is 5.31. The second kappa shape index (κ2) is 5.63. The van der Waals surface area contributed by atoms with E-state index in [4.69, 9.17) is 4.74 Å². The number of hydrogen-bond acceptors (Lipinski definition) is 3. The van der Waals surface area contributed by atoms with Crippen LogP contribution in [-0.4, -0.2) is 25.2 Å². The summed E-state index contributed by atoms with van der Waals surface area (Å²) in [6, 6.07) is 8.48. The van der Waals surface area contributed by atoms with Gasteiger partial charge in [0.2, 0.25) is 0 Å². The lowest BCUT2D eigenvalue weighted by atomic mass is 9.89. The van der Waals surface area contributed by atoms with Gasteiger partial charge in [0, 0.05) is 36.0 Å². The SMILES string of the molecule is CNC[C@@H]1CCOc2c(-c3cnccc3C)cccc21. The van der Waals surface area contributed by atoms with Crippen LogP contribution in [0.2, 0.25) is 0 Å². The summed E-state index contributed by atoms with van der Waals surface area (Å²) < 4.78 is 5.99. The molecule has 3 rings (SSSR count). The van der Waals surface area contributed by atoms with Crippen molar-refractivity contribution in [2.75, 3.05) is 20.2 Å². The molecule has 0 amide bonds. The van der Waals surface area contributed by atoms with Gasteiger partial charge in [-0.2, -0.15) is 0 Å². The van der Waals surface area contributed by atoms with E-state index < -0.39 is 0 Å². The number of aromatic nitrogens is 1. The van der Waals surface area contributed by atoms with E-state index in [0.29, 0.717) is 5.92 Å². The molecule has 1 aliphatic heterocycles. The van der Waals surface area contributed by atoms with Crippen LogP contribution in [-0.2, 0) is 0 Å². The average molecular weight is 268 g/mol. The fourth-order valence-electron chi connectivity index (χ4n) is 2.91. The zero-order valence-corrected chi connectivity index (χ0v) is 12.0. The highest BCUT2D eigenvalue weighted by Crippen LogP contribution is 2.41. The zero-order chi connectivity index (χ0) is 13.9. The van der Waals surface area contributed by atoms with Gasteiger partial charge in [-0.05, 0) is 37.6 Å². The summed E-state index contributed by atoms with van der Waals surface area (Å²) in [5.41, 5.74) is 4.86. The zero-order valence-electron chi connectivity index (χ0n) is 12.0. The molecule has 0 saturated carbocycles. The molecule has 2 heterocycles. The summed E-state index contributed by atoms with van der Waals surface area (Å²) in [5.74, 6) is 1.57. The third-order valence-electron chi connectivity index (χ3n) is 3.98. The molecule has 0 saturated heterocycles. The Kier molecular flexibility index (Phi) is 3.70. The minimum Gasteiger partial charge on any atom is -0.493 e. The number of aryl methyl sites for hydroxylation is 1. The third kappa shape index (κ3) is 2.29. The predicted molar refractivity (Wildman–Crippen MR) is 81.2 cm³/mol. The molecule has 3 heteroatoms. The fourth-order valence-corrected chi connectivity index (χ4v) is 2.91. The van der Waals surface area contributed by atoms with E-state index in [1.807, 2.05) is 25.5 Å². The van der Waals surface area contributed by atoms with Crippen LogP contribution in [0.5, 0.6) is 5.75 Å². The van der Waals surface area contributed by atoms with Crippen LogP contribution in [0.3, 0.4) is 0 Å². The Bertz CT molecular complexity index is 610. The molecule has 1 aromatic heterocycles. The Labute approximate surface area is 120 Å². The summed E-state index contributed by atoms with van der Waals surface area (Å²) in [7, 11) is 2.00. The summed E-state index contributed by atoms with van der Waals surface area (Å²) in [5, 5.41) is 3.28. The number of rotatable bonds is 3. The van der Waals surface area contributed by atoms with Crippen molar-refractivity contribution in [2.24, 2.45) is 0 Å². The van der Waals surface area contributed by atoms with Gasteiger partial charge in [-0.15, -0.1) is 0 Å². The molecule has 1 atom stereocenters. The standard InChI is InChI=1S/C17H20N2O/c1-12-6-8-19-11-16(12)15-5-3-4-14-13(10-18-2)7-9-20-17(14)15/h3-6,8,11,13,18H,7,9-10H2,1-2H3/t13-/m0/s1. The van der Waals surface area contributed by atoms with Gasteiger partial charge in [0.1, 0.15) is 5.75 Å². The predicted octanol–water partition coefficient (Wildman–Crippen LogP) is 3.14. The summed E-state index contributed by atoms with van der Waals surface area (Å²) in [6.45, 7) is 3.89. The molecule has 3 nitrogen and oxygen atoms in total. The first-order valence-electron chi connectivity index (χ1n) is 7.12. The Balaban J connectivity index is 2.10. The monoisotopic (exact) mass is 268 g/mol. The Morgan fingerprint density at radius 2 is 2.20 bits per heavy atom. The summed E-state index contributed by atoms with van der Waals surface area (Å²) in [6.07, 6.45) is 4.83. The van der Waals surface area contributed by atoms with Crippen molar-refractivity contribution in [1.82, 2.24) is 10.3 Å². The lowest BCUT2D eigenvalue weighted by Gasteiger charge is -2.28. The molecule has 0 aliphatic carbocycles. The van der Waals surface area contributed by atoms with Crippen molar-refractivity contribution in [3.05, 3.63) is 47.8 Å². The van der Waals surface area contributed by atoms with Gasteiger partial charge in [0.05, 0.1) is 6.61 Å². The van der Waals surface area contributed by atoms with Crippen LogP contribution in [0.15, 0.2) is 36.7 Å². The first kappa shape index (κ1) is 13.1. The van der Waals surface area contributed by atoms with Crippen LogP contribution in [0.1, 0.15) is 23.5 Å². The van der Waals surface area contributed by atoms with Crippen LogP contribution >= 0.6 is 0 Å². The van der Waals surface area contributed by atoms with Crippen molar-refractivity contribution < 1.29 is 4.74 Å². The smallest absolute Gasteiger partial charge is 0.130 e. The molecule has 104 valence electrons. The number of likely N-dealkylation sites (N-methyl/N-ethyl adjacent to an activating group) is 1. The lowest BCUT2D eigenvalue weighted by molar-refractivity contribution is 0.267. The van der Waals surface area contributed by atoms with Crippen LogP contribution < -0.4 is 10.1 Å². The molecule has 1 aliphatic rings. The van der Waals surface area contributed by atoms with Crippen molar-refractivity contribution >= 4 is 0 Å². The van der Waals surface area contributed by atoms with E-state index in [0.717, 1.165) is 36.4 Å². The number of ether oxygens (including phenoxy) is 1. The normalized spacial score (nSPS) is 17.4. The number of nitrogens with one attached hydrogen (secondary N) is 1. The van der Waals surface area contributed by atoms with Crippen molar-refractivity contribution in [1.29, 1.82) is 0 Å². The van der Waals surface area contributed by atoms with Crippen LogP contribution in [0, 0.1) is 6.92 Å². The largest absolute Gasteiger partial charge is 0.493 e. The molecule has 2 aromatic rings. The highest BCUT2D eigenvalue weighted by molar-refractivity contribution is 5.74. The van der Waals surface area contributed by atoms with Gasteiger partial charge in [-0.25, -0.2) is 0 Å². The maximum atomic E-state index is 5.99. The third-order valence-corrected chi connectivity index (χ3v) is 3.98. The molecular formula is C17H20N2O. The lowest BCUT2D eigenvalue weighted by Crippen LogP contribution is -2.23. The average Bonchev–Trinajstić information content (AvgIpc) is 2.48. The Hall–Kier alpha value is -1.87. The van der Waals surface area contributed by atoms with E-state index in [-0.39, 0.29) is 0 Å². The number of para-hydroxylation sites is 1. The van der Waals surface area contributed by atoms with Crippen molar-refractivity contribution in [3.8, 4) is 16.9 Å². The highest BCUT2D eigenvalue weighted by Gasteiger charge is 2.23. The second-order valence-corrected chi connectivity index (χ2v) is 5.31. The maximum absolute atomic E-state index is 5.99. The number of nitrogens with zero attached hydrogens (tertiary/aromatic N) is 1. The Morgan fingerprint density at radius 1 is 1.30 bits per heavy atom. The highest BCUT2D eigenvalue weighted by atomic mass is 16.5. The van der Waals surface area contributed by atoms with E-state index in [2.05, 4.69) is 35.4 Å². The minimum absolute atomic E-state index is 0.528. The molecule has 0 unspecified atom stereocenters. The number of benzene rings is 1. The van der Waals surface area contributed by atoms with E-state index >= 15 is 0 Å². The Morgan fingerprint density at radius 3 is 3.00 bits per heavy atom. The maximum Gasteiger partial charge on any atom is 0.130 e. The van der Waals surface area contributed by atoms with E-state index in [1.165, 1.54) is 11.1 Å². The minimum atomic E-state index is 0.528. The molecular weight excluding hydrogens is 248 g/mol. The first-order chi connectivity index (χ1) is 9.81. The molecule has 1 N–H and O–H groups in total. The van der Waals surface area contributed by atoms with E-state index in [9.17, 15) is 0 Å². The molecule has 0 bridgehead atoms. The van der Waals surface area contributed by atoms with Gasteiger partial charge in [0.25, 0.3) is 0 Å².